The molecule has 3 rings (SSSR count). The van der Waals surface area contributed by atoms with Crippen LogP contribution in [0.4, 0.5) is 11.5 Å². The summed E-state index contributed by atoms with van der Waals surface area (Å²) in [6.07, 6.45) is 8.24. The number of pyridine rings is 1. The third-order valence-electron chi connectivity index (χ3n) is 4.28. The molecule has 0 bridgehead atoms. The third-order valence-corrected chi connectivity index (χ3v) is 4.50. The number of nitrogens with zero attached hydrogens (tertiary/aromatic N) is 2. The van der Waals surface area contributed by atoms with E-state index in [1.165, 1.54) is 32.1 Å². The maximum atomic E-state index is 5.40. The van der Waals surface area contributed by atoms with Crippen LogP contribution >= 0.6 is 12.2 Å². The summed E-state index contributed by atoms with van der Waals surface area (Å²) >= 11 is 5.40. The highest BCUT2D eigenvalue weighted by Crippen LogP contribution is 2.18. The van der Waals surface area contributed by atoms with Gasteiger partial charge in [0.05, 0.1) is 25.1 Å². The fourth-order valence-electron chi connectivity index (χ4n) is 3.04. The summed E-state index contributed by atoms with van der Waals surface area (Å²) in [5.41, 5.74) is 0.935. The number of hydrogen-bond acceptors (Lipinski definition) is 4. The van der Waals surface area contributed by atoms with Gasteiger partial charge in [0.15, 0.2) is 5.11 Å². The van der Waals surface area contributed by atoms with E-state index in [1.807, 2.05) is 18.3 Å². The Morgan fingerprint density at radius 3 is 2.64 bits per heavy atom. The summed E-state index contributed by atoms with van der Waals surface area (Å²) in [5.74, 6) is 1.00. The molecular formula is C16H24N4OS. The van der Waals surface area contributed by atoms with Crippen molar-refractivity contribution in [2.75, 3.05) is 36.5 Å². The first-order valence-electron chi connectivity index (χ1n) is 8.17. The second-order valence-corrected chi connectivity index (χ2v) is 6.35. The minimum Gasteiger partial charge on any atom is -0.378 e. The molecule has 1 aromatic heterocycles. The molecule has 2 aliphatic rings. The highest BCUT2D eigenvalue weighted by atomic mass is 32.1. The first kappa shape index (κ1) is 15.5. The molecule has 1 aliphatic heterocycles. The Morgan fingerprint density at radius 2 is 1.95 bits per heavy atom. The maximum Gasteiger partial charge on any atom is 0.171 e. The van der Waals surface area contributed by atoms with Crippen molar-refractivity contribution in [1.82, 2.24) is 10.3 Å². The van der Waals surface area contributed by atoms with Crippen LogP contribution in [0.1, 0.15) is 32.1 Å². The Morgan fingerprint density at radius 1 is 1.18 bits per heavy atom. The fourth-order valence-corrected chi connectivity index (χ4v) is 3.32. The Labute approximate surface area is 137 Å². The van der Waals surface area contributed by atoms with Gasteiger partial charge in [-0.3, -0.25) is 0 Å². The molecule has 2 fully saturated rings. The zero-order chi connectivity index (χ0) is 15.2. The van der Waals surface area contributed by atoms with Crippen LogP contribution in [0.15, 0.2) is 18.3 Å². The number of rotatable bonds is 3. The van der Waals surface area contributed by atoms with Crippen molar-refractivity contribution in [3.8, 4) is 0 Å². The quantitative estimate of drug-likeness (QED) is 0.835. The molecule has 5 nitrogen and oxygen atoms in total. The maximum absolute atomic E-state index is 5.40. The van der Waals surface area contributed by atoms with Gasteiger partial charge >= 0.3 is 0 Å². The van der Waals surface area contributed by atoms with Gasteiger partial charge in [-0.2, -0.15) is 0 Å². The average Bonchev–Trinajstić information content (AvgIpc) is 2.57. The highest BCUT2D eigenvalue weighted by molar-refractivity contribution is 7.80. The van der Waals surface area contributed by atoms with Crippen molar-refractivity contribution in [3.05, 3.63) is 18.3 Å². The van der Waals surface area contributed by atoms with Crippen LogP contribution < -0.4 is 15.5 Å². The number of ether oxygens (including phenoxy) is 1. The lowest BCUT2D eigenvalue weighted by Crippen LogP contribution is -2.39. The molecule has 0 atom stereocenters. The molecule has 0 unspecified atom stereocenters. The second-order valence-electron chi connectivity index (χ2n) is 5.94. The zero-order valence-corrected chi connectivity index (χ0v) is 13.7. The van der Waals surface area contributed by atoms with Gasteiger partial charge in [-0.25, -0.2) is 4.98 Å². The summed E-state index contributed by atoms with van der Waals surface area (Å²) in [4.78, 5) is 6.76. The predicted molar refractivity (Wildman–Crippen MR) is 93.5 cm³/mol. The van der Waals surface area contributed by atoms with Crippen LogP contribution in [-0.2, 0) is 4.74 Å². The van der Waals surface area contributed by atoms with Gasteiger partial charge in [0.25, 0.3) is 0 Å². The predicted octanol–water partition coefficient (Wildman–Crippen LogP) is 2.54. The van der Waals surface area contributed by atoms with Gasteiger partial charge in [0, 0.05) is 19.1 Å². The van der Waals surface area contributed by atoms with Crippen LogP contribution in [0.3, 0.4) is 0 Å². The van der Waals surface area contributed by atoms with Crippen molar-refractivity contribution < 1.29 is 4.74 Å². The second kappa shape index (κ2) is 7.74. The van der Waals surface area contributed by atoms with E-state index >= 15 is 0 Å². The van der Waals surface area contributed by atoms with Crippen LogP contribution in [0.25, 0.3) is 0 Å². The summed E-state index contributed by atoms with van der Waals surface area (Å²) < 4.78 is 5.36. The fraction of sp³-hybridized carbons (Fsp3) is 0.625. The number of thiocarbonyl (C=S) groups is 1. The molecular weight excluding hydrogens is 296 g/mol. The van der Waals surface area contributed by atoms with E-state index in [9.17, 15) is 0 Å². The van der Waals surface area contributed by atoms with E-state index in [2.05, 4.69) is 20.5 Å². The molecule has 0 radical (unpaired) electrons. The highest BCUT2D eigenvalue weighted by Gasteiger charge is 2.15. The Kier molecular flexibility index (Phi) is 5.45. The minimum absolute atomic E-state index is 0.523. The van der Waals surface area contributed by atoms with E-state index in [4.69, 9.17) is 17.0 Å². The van der Waals surface area contributed by atoms with Crippen molar-refractivity contribution in [2.45, 2.75) is 38.1 Å². The molecule has 0 spiro atoms. The molecule has 0 amide bonds. The molecule has 1 aromatic rings. The zero-order valence-electron chi connectivity index (χ0n) is 12.9. The van der Waals surface area contributed by atoms with Crippen molar-refractivity contribution in [2.24, 2.45) is 0 Å². The first-order valence-corrected chi connectivity index (χ1v) is 8.58. The molecule has 1 aliphatic carbocycles. The largest absolute Gasteiger partial charge is 0.378 e. The lowest BCUT2D eigenvalue weighted by Gasteiger charge is -2.28. The Hall–Kier alpha value is -1.40. The van der Waals surface area contributed by atoms with Gasteiger partial charge in [-0.05, 0) is 37.2 Å². The van der Waals surface area contributed by atoms with Gasteiger partial charge in [0.2, 0.25) is 0 Å². The molecule has 6 heteroatoms. The van der Waals surface area contributed by atoms with Crippen molar-refractivity contribution >= 4 is 28.8 Å². The number of morpholine rings is 1. The number of hydrogen-bond donors (Lipinski definition) is 2. The van der Waals surface area contributed by atoms with Gasteiger partial charge in [0.1, 0.15) is 5.82 Å². The Bertz CT molecular complexity index is 481. The summed E-state index contributed by atoms with van der Waals surface area (Å²) in [6, 6.07) is 4.60. The number of anilines is 2. The summed E-state index contributed by atoms with van der Waals surface area (Å²) in [7, 11) is 0. The topological polar surface area (TPSA) is 49.4 Å². The first-order chi connectivity index (χ1) is 10.8. The van der Waals surface area contributed by atoms with E-state index in [0.717, 1.165) is 37.8 Å². The SMILES string of the molecule is S=C(Nc1ccc(N2CCOCC2)nc1)NC1CCCCC1. The van der Waals surface area contributed by atoms with E-state index in [1.54, 1.807) is 0 Å². The van der Waals surface area contributed by atoms with Gasteiger partial charge in [-0.1, -0.05) is 19.3 Å². The molecule has 22 heavy (non-hydrogen) atoms. The van der Waals surface area contributed by atoms with Crippen LogP contribution in [-0.4, -0.2) is 42.4 Å². The molecule has 120 valence electrons. The summed E-state index contributed by atoms with van der Waals surface area (Å²) in [6.45, 7) is 3.36. The minimum atomic E-state index is 0.523. The number of nitrogens with one attached hydrogen (secondary N) is 2. The molecule has 2 N–H and O–H groups in total. The lowest BCUT2D eigenvalue weighted by atomic mass is 9.96. The lowest BCUT2D eigenvalue weighted by molar-refractivity contribution is 0.122. The molecule has 2 heterocycles. The van der Waals surface area contributed by atoms with E-state index < -0.39 is 0 Å². The monoisotopic (exact) mass is 320 g/mol. The van der Waals surface area contributed by atoms with Crippen molar-refractivity contribution in [1.29, 1.82) is 0 Å². The van der Waals surface area contributed by atoms with Gasteiger partial charge < -0.3 is 20.3 Å². The number of aromatic nitrogens is 1. The van der Waals surface area contributed by atoms with Crippen LogP contribution in [0.5, 0.6) is 0 Å². The van der Waals surface area contributed by atoms with E-state index in [-0.39, 0.29) is 0 Å². The summed E-state index contributed by atoms with van der Waals surface area (Å²) in [5, 5.41) is 7.35. The molecule has 1 saturated heterocycles. The van der Waals surface area contributed by atoms with Crippen molar-refractivity contribution in [3.63, 3.8) is 0 Å². The average molecular weight is 320 g/mol. The molecule has 1 saturated carbocycles. The van der Waals surface area contributed by atoms with Crippen LogP contribution in [0, 0.1) is 0 Å². The molecule has 0 aromatic carbocycles. The Balaban J connectivity index is 1.50. The standard InChI is InChI=1S/C16H24N4OS/c22-16(18-13-4-2-1-3-5-13)19-14-6-7-15(17-12-14)20-8-10-21-11-9-20/h6-7,12-13H,1-5,8-11H2,(H2,18,19,22). The van der Waals surface area contributed by atoms with E-state index in [0.29, 0.717) is 11.2 Å². The smallest absolute Gasteiger partial charge is 0.171 e. The van der Waals surface area contributed by atoms with Crippen LogP contribution in [0.2, 0.25) is 0 Å². The van der Waals surface area contributed by atoms with Gasteiger partial charge in [-0.15, -0.1) is 0 Å². The third kappa shape index (κ3) is 4.30. The normalized spacial score (nSPS) is 19.7.